The maximum atomic E-state index is 13.9. The summed E-state index contributed by atoms with van der Waals surface area (Å²) in [6.45, 7) is 10.8. The van der Waals surface area contributed by atoms with Crippen LogP contribution in [0.15, 0.2) is 23.3 Å². The Morgan fingerprint density at radius 1 is 1.24 bits per heavy atom. The Balaban J connectivity index is 1.94. The number of aliphatic hydroxyl groups excluding tert-OH is 3. The molecule has 2 saturated carbocycles. The van der Waals surface area contributed by atoms with Crippen LogP contribution in [0.2, 0.25) is 0 Å². The third-order valence-electron chi connectivity index (χ3n) is 9.25. The van der Waals surface area contributed by atoms with Gasteiger partial charge < -0.3 is 20.1 Å². The molecule has 5 heteroatoms. The van der Waals surface area contributed by atoms with Crippen molar-refractivity contribution in [1.82, 2.24) is 0 Å². The van der Waals surface area contributed by atoms with Crippen molar-refractivity contribution in [3.63, 3.8) is 0 Å². The van der Waals surface area contributed by atoms with E-state index in [0.29, 0.717) is 31.6 Å². The molecule has 0 aromatic heterocycles. The lowest BCUT2D eigenvalue weighted by Gasteiger charge is -2.49. The van der Waals surface area contributed by atoms with Crippen molar-refractivity contribution >= 4 is 5.78 Å². The second-order valence-corrected chi connectivity index (χ2v) is 11.9. The van der Waals surface area contributed by atoms with Crippen LogP contribution in [0.5, 0.6) is 0 Å². The summed E-state index contributed by atoms with van der Waals surface area (Å²) in [6, 6.07) is 0. The first-order valence-corrected chi connectivity index (χ1v) is 12.9. The van der Waals surface area contributed by atoms with Gasteiger partial charge in [0, 0.05) is 25.0 Å². The SMILES string of the molecule is COC(/C=C(/C)[C@H]1CC[C@@H](C2=C[C@H](O)[C@H]3C[C@@H](O)CC[C@]3(C)C2=O)[C@]1(C)CCO)CC(C)C. The van der Waals surface area contributed by atoms with E-state index in [1.807, 2.05) is 6.92 Å². The highest BCUT2D eigenvalue weighted by atomic mass is 16.5. The standard InChI is InChI=1S/C28H46O5/c1-17(2)13-20(33-6)14-18(3)22-7-8-23(27(22,4)11-12-29)21-16-25(31)24-15-19(30)9-10-28(24,5)26(21)32/h14,16-17,19-20,22-25,29-31H,7-13,15H2,1-6H3/b18-14-/t19-,20?,22+,23-,24+,25-,27+,28-/m0/s1. The van der Waals surface area contributed by atoms with Crippen LogP contribution in [-0.4, -0.2) is 53.1 Å². The second-order valence-electron chi connectivity index (χ2n) is 11.9. The molecule has 2 fully saturated rings. The summed E-state index contributed by atoms with van der Waals surface area (Å²) in [5.41, 5.74) is 1.15. The average Bonchev–Trinajstić information content (AvgIpc) is 3.08. The van der Waals surface area contributed by atoms with E-state index < -0.39 is 17.6 Å². The highest BCUT2D eigenvalue weighted by Crippen LogP contribution is 2.59. The van der Waals surface area contributed by atoms with Gasteiger partial charge in [-0.15, -0.1) is 0 Å². The molecule has 0 heterocycles. The molecule has 0 spiro atoms. The summed E-state index contributed by atoms with van der Waals surface area (Å²) >= 11 is 0. The number of methoxy groups -OCH3 is 1. The molecule has 188 valence electrons. The normalized spacial score (nSPS) is 40.7. The molecule has 5 nitrogen and oxygen atoms in total. The van der Waals surface area contributed by atoms with Gasteiger partial charge in [0.2, 0.25) is 0 Å². The van der Waals surface area contributed by atoms with E-state index in [0.717, 1.165) is 24.8 Å². The molecule has 3 rings (SSSR count). The van der Waals surface area contributed by atoms with Gasteiger partial charge in [0.25, 0.3) is 0 Å². The van der Waals surface area contributed by atoms with Gasteiger partial charge in [-0.2, -0.15) is 0 Å². The molecule has 3 aliphatic rings. The van der Waals surface area contributed by atoms with Gasteiger partial charge in [-0.1, -0.05) is 39.3 Å². The van der Waals surface area contributed by atoms with E-state index in [1.54, 1.807) is 13.2 Å². The van der Waals surface area contributed by atoms with Crippen LogP contribution in [0, 0.1) is 34.5 Å². The third-order valence-corrected chi connectivity index (χ3v) is 9.25. The van der Waals surface area contributed by atoms with Gasteiger partial charge in [0.1, 0.15) is 0 Å². The van der Waals surface area contributed by atoms with Crippen LogP contribution >= 0.6 is 0 Å². The number of ether oxygens (including phenoxy) is 1. The van der Waals surface area contributed by atoms with Gasteiger partial charge in [0.15, 0.2) is 5.78 Å². The number of ketones is 1. The van der Waals surface area contributed by atoms with Gasteiger partial charge in [-0.05, 0) is 86.7 Å². The molecule has 0 amide bonds. The van der Waals surface area contributed by atoms with Gasteiger partial charge >= 0.3 is 0 Å². The predicted octanol–water partition coefficient (Wildman–Crippen LogP) is 4.45. The lowest BCUT2D eigenvalue weighted by molar-refractivity contribution is -0.138. The number of allylic oxidation sites excluding steroid dienone is 2. The number of rotatable bonds is 8. The fourth-order valence-corrected chi connectivity index (χ4v) is 7.29. The summed E-state index contributed by atoms with van der Waals surface area (Å²) in [5.74, 6) is 0.725. The van der Waals surface area contributed by atoms with Crippen molar-refractivity contribution in [2.24, 2.45) is 34.5 Å². The van der Waals surface area contributed by atoms with Crippen molar-refractivity contribution in [1.29, 1.82) is 0 Å². The Hall–Kier alpha value is -1.01. The lowest BCUT2D eigenvalue weighted by Crippen LogP contribution is -2.52. The van der Waals surface area contributed by atoms with Crippen molar-refractivity contribution in [2.75, 3.05) is 13.7 Å². The summed E-state index contributed by atoms with van der Waals surface area (Å²) in [6.07, 6.45) is 8.06. The Morgan fingerprint density at radius 2 is 1.94 bits per heavy atom. The number of aliphatic hydroxyl groups is 3. The summed E-state index contributed by atoms with van der Waals surface area (Å²) in [5, 5.41) is 31.2. The molecule has 3 N–H and O–H groups in total. The lowest BCUT2D eigenvalue weighted by atomic mass is 9.55. The quantitative estimate of drug-likeness (QED) is 0.464. The Bertz CT molecular complexity index is 770. The van der Waals surface area contributed by atoms with Crippen LogP contribution in [0.4, 0.5) is 0 Å². The van der Waals surface area contributed by atoms with Crippen molar-refractivity contribution in [3.8, 4) is 0 Å². The minimum absolute atomic E-state index is 0.0101. The molecule has 0 aromatic carbocycles. The average molecular weight is 463 g/mol. The predicted molar refractivity (Wildman–Crippen MR) is 131 cm³/mol. The van der Waals surface area contributed by atoms with E-state index in [9.17, 15) is 20.1 Å². The van der Waals surface area contributed by atoms with E-state index in [2.05, 4.69) is 33.8 Å². The van der Waals surface area contributed by atoms with Crippen LogP contribution in [0.1, 0.15) is 79.6 Å². The number of hydrogen-bond acceptors (Lipinski definition) is 5. The minimum Gasteiger partial charge on any atom is -0.396 e. The fourth-order valence-electron chi connectivity index (χ4n) is 7.29. The van der Waals surface area contributed by atoms with Crippen LogP contribution in [0.3, 0.4) is 0 Å². The first kappa shape index (κ1) is 26.6. The molecule has 0 bridgehead atoms. The Morgan fingerprint density at radius 3 is 2.55 bits per heavy atom. The fraction of sp³-hybridized carbons (Fsp3) is 0.821. The largest absolute Gasteiger partial charge is 0.396 e. The molecular formula is C28H46O5. The van der Waals surface area contributed by atoms with Gasteiger partial charge in [-0.3, -0.25) is 4.79 Å². The molecular weight excluding hydrogens is 416 g/mol. The highest BCUT2D eigenvalue weighted by molar-refractivity contribution is 6.01. The smallest absolute Gasteiger partial charge is 0.165 e. The van der Waals surface area contributed by atoms with E-state index in [4.69, 9.17) is 4.74 Å². The number of Topliss-reactive ketones (excluding diaryl/α,β-unsaturated/α-hetero) is 1. The van der Waals surface area contributed by atoms with Crippen LogP contribution in [-0.2, 0) is 9.53 Å². The number of hydrogen-bond donors (Lipinski definition) is 3. The molecule has 0 aliphatic heterocycles. The Labute approximate surface area is 200 Å². The molecule has 0 saturated heterocycles. The first-order chi connectivity index (χ1) is 15.5. The van der Waals surface area contributed by atoms with Crippen molar-refractivity contribution < 1.29 is 24.9 Å². The maximum Gasteiger partial charge on any atom is 0.165 e. The molecule has 3 aliphatic carbocycles. The van der Waals surface area contributed by atoms with Crippen LogP contribution in [0.25, 0.3) is 0 Å². The monoisotopic (exact) mass is 462 g/mol. The number of carbonyl (C=O) groups excluding carboxylic acids is 1. The topological polar surface area (TPSA) is 87.0 Å². The van der Waals surface area contributed by atoms with Crippen molar-refractivity contribution in [2.45, 2.75) is 97.9 Å². The third kappa shape index (κ3) is 5.03. The van der Waals surface area contributed by atoms with Gasteiger partial charge in [-0.25, -0.2) is 0 Å². The number of fused-ring (bicyclic) bond motifs is 1. The molecule has 33 heavy (non-hydrogen) atoms. The molecule has 8 atom stereocenters. The van der Waals surface area contributed by atoms with E-state index in [-0.39, 0.29) is 41.7 Å². The van der Waals surface area contributed by atoms with E-state index in [1.165, 1.54) is 5.57 Å². The van der Waals surface area contributed by atoms with Crippen LogP contribution < -0.4 is 0 Å². The zero-order valence-electron chi connectivity index (χ0n) is 21.5. The van der Waals surface area contributed by atoms with Crippen molar-refractivity contribution in [3.05, 3.63) is 23.3 Å². The molecule has 0 aromatic rings. The Kier molecular flexibility index (Phi) is 8.31. The molecule has 0 radical (unpaired) electrons. The van der Waals surface area contributed by atoms with Gasteiger partial charge in [0.05, 0.1) is 18.3 Å². The first-order valence-electron chi connectivity index (χ1n) is 12.9. The van der Waals surface area contributed by atoms with E-state index >= 15 is 0 Å². The zero-order chi connectivity index (χ0) is 24.6. The zero-order valence-corrected chi connectivity index (χ0v) is 21.5. The highest BCUT2D eigenvalue weighted by Gasteiger charge is 2.56. The maximum absolute atomic E-state index is 13.9. The summed E-state index contributed by atoms with van der Waals surface area (Å²) in [4.78, 5) is 13.9. The number of carbonyl (C=O) groups is 1. The molecule has 1 unspecified atom stereocenters. The second kappa shape index (κ2) is 10.3. The summed E-state index contributed by atoms with van der Waals surface area (Å²) < 4.78 is 5.73. The summed E-state index contributed by atoms with van der Waals surface area (Å²) in [7, 11) is 1.76. The minimum atomic E-state index is -0.712.